The number of sulfonamides is 1. The monoisotopic (exact) mass is 497 g/mol. The molecule has 7 nitrogen and oxygen atoms in total. The third kappa shape index (κ3) is 5.14. The SMILES string of the molecule is CC(=O)Nc1ccc(S(=O)(=O)N(CC(=O)N2CCc3ccccc32)Cc2ccccc2Cl)cc1. The molecule has 1 N–H and O–H groups in total. The number of hydrogen-bond donors (Lipinski definition) is 1. The van der Waals surface area contributed by atoms with Gasteiger partial charge in [-0.2, -0.15) is 4.31 Å². The largest absolute Gasteiger partial charge is 0.326 e. The Kier molecular flexibility index (Phi) is 7.02. The molecule has 1 heterocycles. The zero-order valence-corrected chi connectivity index (χ0v) is 20.1. The number of hydrogen-bond acceptors (Lipinski definition) is 4. The fourth-order valence-corrected chi connectivity index (χ4v) is 5.50. The van der Waals surface area contributed by atoms with Crippen LogP contribution in [0.25, 0.3) is 0 Å². The maximum Gasteiger partial charge on any atom is 0.243 e. The van der Waals surface area contributed by atoms with Crippen LogP contribution in [0.5, 0.6) is 0 Å². The minimum atomic E-state index is -4.05. The first kappa shape index (κ1) is 23.9. The van der Waals surface area contributed by atoms with E-state index in [1.54, 1.807) is 29.2 Å². The highest BCUT2D eigenvalue weighted by Gasteiger charge is 2.31. The number of para-hydroxylation sites is 1. The summed E-state index contributed by atoms with van der Waals surface area (Å²) in [5, 5.41) is 3.03. The molecule has 0 fully saturated rings. The second-order valence-corrected chi connectivity index (χ2v) is 10.3. The van der Waals surface area contributed by atoms with Crippen molar-refractivity contribution in [1.29, 1.82) is 0 Å². The van der Waals surface area contributed by atoms with Gasteiger partial charge < -0.3 is 10.2 Å². The standard InChI is InChI=1S/C25H24ClN3O4S/c1-18(30)27-21-10-12-22(13-11-21)34(32,33)28(16-20-7-2-4-8-23(20)26)17-25(31)29-15-14-19-6-3-5-9-24(19)29/h2-13H,14-17H2,1H3,(H,27,30). The first-order valence-electron chi connectivity index (χ1n) is 10.7. The molecule has 0 saturated heterocycles. The second kappa shape index (κ2) is 9.97. The highest BCUT2D eigenvalue weighted by molar-refractivity contribution is 7.89. The van der Waals surface area contributed by atoms with Crippen LogP contribution in [0.15, 0.2) is 77.7 Å². The third-order valence-corrected chi connectivity index (χ3v) is 7.79. The van der Waals surface area contributed by atoms with Gasteiger partial charge in [-0.15, -0.1) is 0 Å². The molecule has 0 bridgehead atoms. The van der Waals surface area contributed by atoms with Crippen LogP contribution in [0.2, 0.25) is 5.02 Å². The van der Waals surface area contributed by atoms with E-state index in [2.05, 4.69) is 5.32 Å². The lowest BCUT2D eigenvalue weighted by molar-refractivity contribution is -0.118. The summed E-state index contributed by atoms with van der Waals surface area (Å²) in [6.07, 6.45) is 0.726. The van der Waals surface area contributed by atoms with E-state index >= 15 is 0 Å². The van der Waals surface area contributed by atoms with Crippen LogP contribution >= 0.6 is 11.6 Å². The van der Waals surface area contributed by atoms with E-state index in [9.17, 15) is 18.0 Å². The van der Waals surface area contributed by atoms with Gasteiger partial charge in [0.15, 0.2) is 0 Å². The van der Waals surface area contributed by atoms with Crippen molar-refractivity contribution < 1.29 is 18.0 Å². The molecule has 3 aromatic rings. The molecule has 1 aliphatic rings. The van der Waals surface area contributed by atoms with E-state index in [1.807, 2.05) is 24.3 Å². The Bertz CT molecular complexity index is 1330. The van der Waals surface area contributed by atoms with Crippen LogP contribution < -0.4 is 10.2 Å². The maximum absolute atomic E-state index is 13.6. The van der Waals surface area contributed by atoms with Gasteiger partial charge in [0, 0.05) is 36.4 Å². The maximum atomic E-state index is 13.6. The van der Waals surface area contributed by atoms with Gasteiger partial charge in [-0.1, -0.05) is 48.0 Å². The average molecular weight is 498 g/mol. The van der Waals surface area contributed by atoms with Crippen LogP contribution in [0.1, 0.15) is 18.1 Å². The molecule has 3 aromatic carbocycles. The lowest BCUT2D eigenvalue weighted by Gasteiger charge is -2.25. The van der Waals surface area contributed by atoms with Crippen molar-refractivity contribution in [1.82, 2.24) is 4.31 Å². The number of halogens is 1. The van der Waals surface area contributed by atoms with Gasteiger partial charge in [0.1, 0.15) is 0 Å². The molecule has 34 heavy (non-hydrogen) atoms. The predicted octanol–water partition coefficient (Wildman–Crippen LogP) is 4.08. The second-order valence-electron chi connectivity index (χ2n) is 7.99. The minimum Gasteiger partial charge on any atom is -0.326 e. The van der Waals surface area contributed by atoms with Gasteiger partial charge in [-0.25, -0.2) is 8.42 Å². The van der Waals surface area contributed by atoms with E-state index < -0.39 is 10.0 Å². The molecular formula is C25H24ClN3O4S. The molecule has 0 unspecified atom stereocenters. The van der Waals surface area contributed by atoms with Crippen molar-refractivity contribution in [3.05, 3.63) is 88.9 Å². The zero-order chi connectivity index (χ0) is 24.3. The van der Waals surface area contributed by atoms with Crippen molar-refractivity contribution >= 4 is 44.8 Å². The van der Waals surface area contributed by atoms with Gasteiger partial charge in [-0.3, -0.25) is 9.59 Å². The number of fused-ring (bicyclic) bond motifs is 1. The van der Waals surface area contributed by atoms with Gasteiger partial charge in [0.25, 0.3) is 0 Å². The molecule has 4 rings (SSSR count). The number of rotatable bonds is 7. The van der Waals surface area contributed by atoms with Gasteiger partial charge in [-0.05, 0) is 53.9 Å². The van der Waals surface area contributed by atoms with E-state index in [1.165, 1.54) is 31.2 Å². The quantitative estimate of drug-likeness (QED) is 0.533. The van der Waals surface area contributed by atoms with Crippen LogP contribution in [-0.2, 0) is 32.6 Å². The van der Waals surface area contributed by atoms with Gasteiger partial charge >= 0.3 is 0 Å². The fraction of sp³-hybridized carbons (Fsp3) is 0.200. The summed E-state index contributed by atoms with van der Waals surface area (Å²) in [6.45, 7) is 1.48. The molecule has 0 atom stereocenters. The summed E-state index contributed by atoms with van der Waals surface area (Å²) in [5.41, 5.74) is 2.94. The number of carbonyl (C=O) groups excluding carboxylic acids is 2. The van der Waals surface area contributed by atoms with Crippen LogP contribution in [-0.4, -0.2) is 37.6 Å². The molecule has 0 radical (unpaired) electrons. The molecule has 9 heteroatoms. The van der Waals surface area contributed by atoms with E-state index in [0.717, 1.165) is 22.0 Å². The molecule has 0 saturated carbocycles. The normalized spacial score (nSPS) is 13.1. The Morgan fingerprint density at radius 2 is 1.68 bits per heavy atom. The topological polar surface area (TPSA) is 86.8 Å². The van der Waals surface area contributed by atoms with Crippen LogP contribution in [0.4, 0.5) is 11.4 Å². The van der Waals surface area contributed by atoms with Crippen LogP contribution in [0.3, 0.4) is 0 Å². The molecule has 0 spiro atoms. The van der Waals surface area contributed by atoms with Crippen molar-refractivity contribution in [2.45, 2.75) is 24.8 Å². The average Bonchev–Trinajstić information content (AvgIpc) is 3.24. The van der Waals surface area contributed by atoms with Crippen molar-refractivity contribution in [2.75, 3.05) is 23.3 Å². The smallest absolute Gasteiger partial charge is 0.243 e. The van der Waals surface area contributed by atoms with Crippen LogP contribution in [0, 0.1) is 0 Å². The number of carbonyl (C=O) groups is 2. The molecule has 2 amide bonds. The third-order valence-electron chi connectivity index (χ3n) is 5.62. The highest BCUT2D eigenvalue weighted by atomic mass is 35.5. The summed E-state index contributed by atoms with van der Waals surface area (Å²) in [5.74, 6) is -0.567. The fourth-order valence-electron chi connectivity index (χ4n) is 3.94. The van der Waals surface area contributed by atoms with Crippen molar-refractivity contribution in [2.24, 2.45) is 0 Å². The number of nitrogens with zero attached hydrogens (tertiary/aromatic N) is 2. The highest BCUT2D eigenvalue weighted by Crippen LogP contribution is 2.29. The summed E-state index contributed by atoms with van der Waals surface area (Å²) in [7, 11) is -4.05. The lowest BCUT2D eigenvalue weighted by atomic mass is 10.2. The summed E-state index contributed by atoms with van der Waals surface area (Å²) in [4.78, 5) is 26.2. The van der Waals surface area contributed by atoms with Crippen molar-refractivity contribution in [3.8, 4) is 0 Å². The molecule has 0 aliphatic carbocycles. The van der Waals surface area contributed by atoms with Gasteiger partial charge in [0.05, 0.1) is 11.4 Å². The minimum absolute atomic E-state index is 0.0169. The Hall–Kier alpha value is -3.20. The first-order chi connectivity index (χ1) is 16.3. The predicted molar refractivity (Wildman–Crippen MR) is 132 cm³/mol. The number of amides is 2. The molecule has 1 aliphatic heterocycles. The van der Waals surface area contributed by atoms with E-state index in [4.69, 9.17) is 11.6 Å². The Balaban J connectivity index is 1.64. The summed E-state index contributed by atoms with van der Waals surface area (Å²) < 4.78 is 28.3. The zero-order valence-electron chi connectivity index (χ0n) is 18.6. The molecule has 176 valence electrons. The van der Waals surface area contributed by atoms with Crippen molar-refractivity contribution in [3.63, 3.8) is 0 Å². The van der Waals surface area contributed by atoms with Gasteiger partial charge in [0.2, 0.25) is 21.8 Å². The number of anilines is 2. The Labute approximate surface area is 204 Å². The summed E-state index contributed by atoms with van der Waals surface area (Å²) in [6, 6.07) is 20.4. The Morgan fingerprint density at radius 1 is 1.00 bits per heavy atom. The van der Waals surface area contributed by atoms with E-state index in [-0.39, 0.29) is 29.8 Å². The number of nitrogens with one attached hydrogen (secondary N) is 1. The number of benzene rings is 3. The Morgan fingerprint density at radius 3 is 2.38 bits per heavy atom. The van der Waals surface area contributed by atoms with E-state index in [0.29, 0.717) is 22.8 Å². The lowest BCUT2D eigenvalue weighted by Crippen LogP contribution is -2.42. The molecular weight excluding hydrogens is 474 g/mol. The molecule has 0 aromatic heterocycles. The summed E-state index contributed by atoms with van der Waals surface area (Å²) >= 11 is 6.31. The first-order valence-corrected chi connectivity index (χ1v) is 12.6.